The average molecular weight is 313 g/mol. The van der Waals surface area contributed by atoms with E-state index in [0.717, 1.165) is 17.5 Å². The molecule has 1 fully saturated rings. The maximum Gasteiger partial charge on any atom is 0.269 e. The summed E-state index contributed by atoms with van der Waals surface area (Å²) in [5, 5.41) is 10.9. The van der Waals surface area contributed by atoms with Gasteiger partial charge in [0.2, 0.25) is 5.79 Å². The molecule has 5 nitrogen and oxygen atoms in total. The molecule has 3 rings (SSSR count). The first kappa shape index (κ1) is 15.6. The van der Waals surface area contributed by atoms with E-state index in [4.69, 9.17) is 9.47 Å². The third-order valence-electron chi connectivity index (χ3n) is 4.01. The van der Waals surface area contributed by atoms with Crippen molar-refractivity contribution < 1.29 is 14.4 Å². The molecule has 0 N–H and O–H groups in total. The Bertz CT molecular complexity index is 674. The molecule has 1 aliphatic rings. The summed E-state index contributed by atoms with van der Waals surface area (Å²) in [4.78, 5) is 10.5. The van der Waals surface area contributed by atoms with Crippen LogP contribution >= 0.6 is 0 Å². The predicted octanol–water partition coefficient (Wildman–Crippen LogP) is 4.01. The Kier molecular flexibility index (Phi) is 4.15. The van der Waals surface area contributed by atoms with Crippen LogP contribution in [0.5, 0.6) is 0 Å². The maximum absolute atomic E-state index is 10.9. The molecule has 5 heteroatoms. The molecule has 0 spiro atoms. The van der Waals surface area contributed by atoms with Crippen molar-refractivity contribution in [2.24, 2.45) is 0 Å². The summed E-state index contributed by atoms with van der Waals surface area (Å²) in [5.41, 5.74) is 1.69. The molecular formula is C18H19NO4. The van der Waals surface area contributed by atoms with Gasteiger partial charge in [-0.3, -0.25) is 10.1 Å². The van der Waals surface area contributed by atoms with Gasteiger partial charge in [0.05, 0.1) is 17.1 Å². The van der Waals surface area contributed by atoms with Crippen LogP contribution in [0.15, 0.2) is 54.6 Å². The van der Waals surface area contributed by atoms with Gasteiger partial charge in [-0.2, -0.15) is 0 Å². The topological polar surface area (TPSA) is 61.6 Å². The molecule has 2 aromatic carbocycles. The zero-order valence-electron chi connectivity index (χ0n) is 13.1. The fraction of sp³-hybridized carbons (Fsp3) is 0.333. The van der Waals surface area contributed by atoms with E-state index in [1.165, 1.54) is 12.1 Å². The largest absolute Gasteiger partial charge is 0.339 e. The second-order valence-corrected chi connectivity index (χ2v) is 5.88. The minimum absolute atomic E-state index is 0.0224. The normalized spacial score (nSPS) is 27.6. The van der Waals surface area contributed by atoms with E-state index in [2.05, 4.69) is 0 Å². The maximum atomic E-state index is 10.9. The molecule has 1 saturated heterocycles. The van der Waals surface area contributed by atoms with Crippen LogP contribution in [0.1, 0.15) is 31.4 Å². The van der Waals surface area contributed by atoms with Crippen molar-refractivity contribution in [3.63, 3.8) is 0 Å². The van der Waals surface area contributed by atoms with Crippen molar-refractivity contribution in [2.75, 3.05) is 0 Å². The van der Waals surface area contributed by atoms with Crippen molar-refractivity contribution in [3.8, 4) is 0 Å². The Labute approximate surface area is 135 Å². The highest BCUT2D eigenvalue weighted by Crippen LogP contribution is 2.41. The molecule has 0 bridgehead atoms. The van der Waals surface area contributed by atoms with Gasteiger partial charge in [-0.25, -0.2) is 0 Å². The van der Waals surface area contributed by atoms with Crippen LogP contribution in [0.25, 0.3) is 0 Å². The van der Waals surface area contributed by atoms with Crippen molar-refractivity contribution in [3.05, 3.63) is 75.8 Å². The van der Waals surface area contributed by atoms with Crippen LogP contribution in [0, 0.1) is 10.1 Å². The van der Waals surface area contributed by atoms with E-state index >= 15 is 0 Å². The molecule has 120 valence electrons. The number of nitrogens with zero attached hydrogens (tertiary/aromatic N) is 1. The van der Waals surface area contributed by atoms with Crippen LogP contribution in [-0.2, 0) is 15.3 Å². The SMILES string of the molecule is C[C@@H]1C[C@H](C)OC(c2ccccc2)(c2ccc([N+](=O)[O-])cc2)O1. The number of hydrogen-bond acceptors (Lipinski definition) is 4. The molecule has 0 aliphatic carbocycles. The quantitative estimate of drug-likeness (QED) is 0.634. The first-order valence-electron chi connectivity index (χ1n) is 7.67. The second-order valence-electron chi connectivity index (χ2n) is 5.88. The lowest BCUT2D eigenvalue weighted by Gasteiger charge is -2.43. The van der Waals surface area contributed by atoms with E-state index in [0.29, 0.717) is 0 Å². The van der Waals surface area contributed by atoms with Gasteiger partial charge in [0.1, 0.15) is 0 Å². The fourth-order valence-electron chi connectivity index (χ4n) is 3.06. The number of benzene rings is 2. The highest BCUT2D eigenvalue weighted by atomic mass is 16.7. The molecule has 1 unspecified atom stereocenters. The van der Waals surface area contributed by atoms with Gasteiger partial charge in [-0.05, 0) is 32.4 Å². The highest BCUT2D eigenvalue weighted by molar-refractivity contribution is 5.40. The molecule has 1 aliphatic heterocycles. The van der Waals surface area contributed by atoms with Gasteiger partial charge in [0, 0.05) is 23.3 Å². The van der Waals surface area contributed by atoms with E-state index < -0.39 is 10.7 Å². The van der Waals surface area contributed by atoms with Crippen molar-refractivity contribution in [1.29, 1.82) is 0 Å². The molecule has 0 aromatic heterocycles. The van der Waals surface area contributed by atoms with Crippen molar-refractivity contribution >= 4 is 5.69 Å². The highest BCUT2D eigenvalue weighted by Gasteiger charge is 2.43. The number of non-ortho nitro benzene ring substituents is 1. The molecule has 2 aromatic rings. The summed E-state index contributed by atoms with van der Waals surface area (Å²) in [6.45, 7) is 4.03. The molecule has 0 radical (unpaired) electrons. The number of hydrogen-bond donors (Lipinski definition) is 0. The third-order valence-corrected chi connectivity index (χ3v) is 4.01. The zero-order chi connectivity index (χ0) is 16.4. The number of ether oxygens (including phenoxy) is 2. The van der Waals surface area contributed by atoms with Crippen LogP contribution in [-0.4, -0.2) is 17.1 Å². The standard InChI is InChI=1S/C18H19NO4/c1-13-12-14(2)23-18(22-13,15-6-4-3-5-7-15)16-8-10-17(11-9-16)19(20)21/h3-11,13-14H,12H2,1-2H3/t13-,14+,18?. The fourth-order valence-corrected chi connectivity index (χ4v) is 3.06. The van der Waals surface area contributed by atoms with Gasteiger partial charge in [-0.1, -0.05) is 30.3 Å². The molecule has 3 atom stereocenters. The first-order valence-corrected chi connectivity index (χ1v) is 7.67. The third kappa shape index (κ3) is 2.98. The summed E-state index contributed by atoms with van der Waals surface area (Å²) in [6, 6.07) is 16.1. The summed E-state index contributed by atoms with van der Waals surface area (Å²) in [6.07, 6.45) is 0.852. The molecule has 1 heterocycles. The smallest absolute Gasteiger partial charge is 0.269 e. The molecule has 0 saturated carbocycles. The minimum Gasteiger partial charge on any atom is -0.339 e. The summed E-state index contributed by atoms with van der Waals surface area (Å²) in [5.74, 6) is -1.03. The molecule has 23 heavy (non-hydrogen) atoms. The van der Waals surface area contributed by atoms with E-state index in [1.54, 1.807) is 12.1 Å². The Morgan fingerprint density at radius 3 is 2.00 bits per heavy atom. The number of nitro benzene ring substituents is 1. The predicted molar refractivity (Wildman–Crippen MR) is 86.0 cm³/mol. The first-order chi connectivity index (χ1) is 11.0. The Balaban J connectivity index is 2.10. The zero-order valence-corrected chi connectivity index (χ0v) is 13.1. The van der Waals surface area contributed by atoms with Crippen LogP contribution in [0.3, 0.4) is 0 Å². The van der Waals surface area contributed by atoms with Crippen LogP contribution in [0.2, 0.25) is 0 Å². The van der Waals surface area contributed by atoms with Gasteiger partial charge in [0.25, 0.3) is 5.69 Å². The van der Waals surface area contributed by atoms with Crippen LogP contribution < -0.4 is 0 Å². The summed E-state index contributed by atoms with van der Waals surface area (Å²) >= 11 is 0. The van der Waals surface area contributed by atoms with E-state index in [-0.39, 0.29) is 17.9 Å². The monoisotopic (exact) mass is 313 g/mol. The summed E-state index contributed by atoms with van der Waals surface area (Å²) in [7, 11) is 0. The van der Waals surface area contributed by atoms with Gasteiger partial charge in [0.15, 0.2) is 0 Å². The van der Waals surface area contributed by atoms with Gasteiger partial charge in [-0.15, -0.1) is 0 Å². The van der Waals surface area contributed by atoms with E-state index in [1.807, 2.05) is 44.2 Å². The summed E-state index contributed by atoms with van der Waals surface area (Å²) < 4.78 is 12.4. The molecular weight excluding hydrogens is 294 g/mol. The lowest BCUT2D eigenvalue weighted by atomic mass is 9.94. The van der Waals surface area contributed by atoms with Gasteiger partial charge >= 0.3 is 0 Å². The van der Waals surface area contributed by atoms with Gasteiger partial charge < -0.3 is 9.47 Å². The Morgan fingerprint density at radius 2 is 1.48 bits per heavy atom. The second kappa shape index (κ2) is 6.10. The lowest BCUT2D eigenvalue weighted by Crippen LogP contribution is -2.45. The number of rotatable bonds is 3. The van der Waals surface area contributed by atoms with Crippen LogP contribution in [0.4, 0.5) is 5.69 Å². The van der Waals surface area contributed by atoms with Crippen molar-refractivity contribution in [1.82, 2.24) is 0 Å². The van der Waals surface area contributed by atoms with E-state index in [9.17, 15) is 10.1 Å². The minimum atomic E-state index is -1.03. The lowest BCUT2D eigenvalue weighted by molar-refractivity contribution is -0.384. The van der Waals surface area contributed by atoms with Crippen molar-refractivity contribution in [2.45, 2.75) is 38.3 Å². The Morgan fingerprint density at radius 1 is 0.957 bits per heavy atom. The number of nitro groups is 1. The Hall–Kier alpha value is -2.24. The molecule has 0 amide bonds. The average Bonchev–Trinajstić information content (AvgIpc) is 2.55.